The van der Waals surface area contributed by atoms with Gasteiger partial charge in [-0.3, -0.25) is 0 Å². The Hall–Kier alpha value is -1.22. The van der Waals surface area contributed by atoms with Crippen LogP contribution in [0.1, 0.15) is 5.56 Å². The molecule has 0 aliphatic heterocycles. The standard InChI is InChI=1S/C7H7ClN4/c8-6-1-2-7(11-12-10)5(3-6)4-9/h1-3H,4,9H2. The second-order valence-corrected chi connectivity index (χ2v) is 2.60. The SMILES string of the molecule is [N-]=[N+]=Nc1ccc(Cl)cc1CN. The monoisotopic (exact) mass is 182 g/mol. The Morgan fingerprint density at radius 3 is 2.92 bits per heavy atom. The van der Waals surface area contributed by atoms with Crippen molar-refractivity contribution in [1.29, 1.82) is 0 Å². The number of hydrogen-bond donors (Lipinski definition) is 1. The zero-order valence-corrected chi connectivity index (χ0v) is 6.99. The second kappa shape index (κ2) is 3.97. The smallest absolute Gasteiger partial charge is 0.0421 e. The highest BCUT2D eigenvalue weighted by Gasteiger charge is 1.98. The van der Waals surface area contributed by atoms with Gasteiger partial charge in [-0.1, -0.05) is 22.8 Å². The van der Waals surface area contributed by atoms with E-state index in [0.717, 1.165) is 5.56 Å². The van der Waals surface area contributed by atoms with E-state index in [2.05, 4.69) is 10.0 Å². The van der Waals surface area contributed by atoms with Crippen molar-refractivity contribution in [3.8, 4) is 0 Å². The first-order chi connectivity index (χ1) is 5.77. The Bertz CT molecular complexity index is 330. The van der Waals surface area contributed by atoms with E-state index in [-0.39, 0.29) is 0 Å². The lowest BCUT2D eigenvalue weighted by Crippen LogP contribution is -1.95. The van der Waals surface area contributed by atoms with Crippen molar-refractivity contribution in [1.82, 2.24) is 0 Å². The molecule has 0 unspecified atom stereocenters. The summed E-state index contributed by atoms with van der Waals surface area (Å²) in [5.41, 5.74) is 14.9. The summed E-state index contributed by atoms with van der Waals surface area (Å²) >= 11 is 5.71. The molecule has 2 N–H and O–H groups in total. The molecule has 0 saturated carbocycles. The van der Waals surface area contributed by atoms with E-state index in [9.17, 15) is 0 Å². The third-order valence-corrected chi connectivity index (χ3v) is 1.65. The van der Waals surface area contributed by atoms with Crippen molar-refractivity contribution in [3.63, 3.8) is 0 Å². The molecule has 1 rings (SSSR count). The highest BCUT2D eigenvalue weighted by Crippen LogP contribution is 2.22. The minimum absolute atomic E-state index is 0.314. The molecule has 0 radical (unpaired) electrons. The average molecular weight is 183 g/mol. The number of benzene rings is 1. The molecule has 1 aromatic rings. The van der Waals surface area contributed by atoms with E-state index in [1.807, 2.05) is 0 Å². The molecule has 12 heavy (non-hydrogen) atoms. The number of rotatable bonds is 2. The summed E-state index contributed by atoms with van der Waals surface area (Å²) in [6.07, 6.45) is 0. The molecule has 62 valence electrons. The lowest BCUT2D eigenvalue weighted by molar-refractivity contribution is 1.07. The Balaban J connectivity index is 3.19. The van der Waals surface area contributed by atoms with Crippen molar-refractivity contribution in [2.75, 3.05) is 0 Å². The fraction of sp³-hybridized carbons (Fsp3) is 0.143. The third-order valence-electron chi connectivity index (χ3n) is 1.41. The largest absolute Gasteiger partial charge is 0.326 e. The summed E-state index contributed by atoms with van der Waals surface area (Å²) in [6, 6.07) is 4.99. The quantitative estimate of drug-likeness (QED) is 0.426. The van der Waals surface area contributed by atoms with E-state index in [4.69, 9.17) is 22.9 Å². The van der Waals surface area contributed by atoms with Gasteiger partial charge < -0.3 is 5.73 Å². The van der Waals surface area contributed by atoms with Crippen molar-refractivity contribution >= 4 is 17.3 Å². The molecule has 0 atom stereocenters. The van der Waals surface area contributed by atoms with Gasteiger partial charge in [0, 0.05) is 22.2 Å². The van der Waals surface area contributed by atoms with Crippen LogP contribution in [0.3, 0.4) is 0 Å². The van der Waals surface area contributed by atoms with Gasteiger partial charge in [-0.25, -0.2) is 0 Å². The van der Waals surface area contributed by atoms with Gasteiger partial charge in [-0.05, 0) is 23.2 Å². The molecule has 0 aromatic heterocycles. The van der Waals surface area contributed by atoms with Crippen LogP contribution in [0.15, 0.2) is 23.3 Å². The van der Waals surface area contributed by atoms with Crippen molar-refractivity contribution < 1.29 is 0 Å². The number of halogens is 1. The fourth-order valence-corrected chi connectivity index (χ4v) is 1.06. The summed E-state index contributed by atoms with van der Waals surface area (Å²) in [4.78, 5) is 2.67. The van der Waals surface area contributed by atoms with E-state index in [0.29, 0.717) is 17.3 Å². The van der Waals surface area contributed by atoms with Crippen LogP contribution in [0.2, 0.25) is 5.02 Å². The lowest BCUT2D eigenvalue weighted by atomic mass is 10.2. The number of azide groups is 1. The van der Waals surface area contributed by atoms with Gasteiger partial charge >= 0.3 is 0 Å². The third kappa shape index (κ3) is 1.89. The maximum atomic E-state index is 8.19. The summed E-state index contributed by atoms with van der Waals surface area (Å²) in [5, 5.41) is 4.05. The molecular weight excluding hydrogens is 176 g/mol. The molecule has 0 amide bonds. The molecule has 1 aromatic carbocycles. The number of nitrogens with two attached hydrogens (primary N) is 1. The topological polar surface area (TPSA) is 74.8 Å². The molecule has 0 aliphatic rings. The van der Waals surface area contributed by atoms with Gasteiger partial charge in [0.2, 0.25) is 0 Å². The minimum atomic E-state index is 0.314. The number of hydrogen-bond acceptors (Lipinski definition) is 2. The van der Waals surface area contributed by atoms with Gasteiger partial charge in [0.05, 0.1) is 0 Å². The molecule has 0 saturated heterocycles. The van der Waals surface area contributed by atoms with Crippen LogP contribution in [0.25, 0.3) is 10.4 Å². The van der Waals surface area contributed by atoms with Crippen LogP contribution in [-0.2, 0) is 6.54 Å². The van der Waals surface area contributed by atoms with Crippen LogP contribution in [0, 0.1) is 0 Å². The van der Waals surface area contributed by atoms with E-state index in [1.165, 1.54) is 0 Å². The Morgan fingerprint density at radius 1 is 1.58 bits per heavy atom. The normalized spacial score (nSPS) is 9.17. The first kappa shape index (κ1) is 8.87. The Morgan fingerprint density at radius 2 is 2.33 bits per heavy atom. The highest BCUT2D eigenvalue weighted by atomic mass is 35.5. The van der Waals surface area contributed by atoms with Gasteiger partial charge in [-0.2, -0.15) is 0 Å². The first-order valence-corrected chi connectivity index (χ1v) is 3.69. The highest BCUT2D eigenvalue weighted by molar-refractivity contribution is 6.30. The minimum Gasteiger partial charge on any atom is -0.326 e. The van der Waals surface area contributed by atoms with Crippen LogP contribution in [0.4, 0.5) is 5.69 Å². The molecule has 0 aliphatic carbocycles. The van der Waals surface area contributed by atoms with Crippen LogP contribution in [-0.4, -0.2) is 0 Å². The summed E-state index contributed by atoms with van der Waals surface area (Å²) in [5.74, 6) is 0. The zero-order chi connectivity index (χ0) is 8.97. The van der Waals surface area contributed by atoms with E-state index in [1.54, 1.807) is 18.2 Å². The number of nitrogens with zero attached hydrogens (tertiary/aromatic N) is 3. The molecule has 0 spiro atoms. The summed E-state index contributed by atoms with van der Waals surface area (Å²) in [6.45, 7) is 0.314. The average Bonchev–Trinajstić information content (AvgIpc) is 2.08. The zero-order valence-electron chi connectivity index (χ0n) is 6.24. The Kier molecular flexibility index (Phi) is 2.94. The lowest BCUT2D eigenvalue weighted by Gasteiger charge is -2.01. The van der Waals surface area contributed by atoms with Gasteiger partial charge in [0.25, 0.3) is 0 Å². The summed E-state index contributed by atoms with van der Waals surface area (Å²) < 4.78 is 0. The predicted octanol–water partition coefficient (Wildman–Crippen LogP) is 2.74. The molecule has 4 nitrogen and oxygen atoms in total. The fourth-order valence-electron chi connectivity index (χ4n) is 0.863. The molecule has 0 bridgehead atoms. The van der Waals surface area contributed by atoms with E-state index >= 15 is 0 Å². The van der Waals surface area contributed by atoms with Crippen molar-refractivity contribution in [2.45, 2.75) is 6.54 Å². The van der Waals surface area contributed by atoms with Gasteiger partial charge in [0.15, 0.2) is 0 Å². The van der Waals surface area contributed by atoms with Crippen molar-refractivity contribution in [2.24, 2.45) is 10.8 Å². The molecule has 0 heterocycles. The maximum Gasteiger partial charge on any atom is 0.0421 e. The maximum absolute atomic E-state index is 8.19. The first-order valence-electron chi connectivity index (χ1n) is 3.31. The van der Waals surface area contributed by atoms with E-state index < -0.39 is 0 Å². The Labute approximate surface area is 74.6 Å². The molecular formula is C7H7ClN4. The van der Waals surface area contributed by atoms with Crippen LogP contribution < -0.4 is 5.73 Å². The molecule has 0 fully saturated rings. The predicted molar refractivity (Wildman–Crippen MR) is 48.1 cm³/mol. The second-order valence-electron chi connectivity index (χ2n) is 2.17. The van der Waals surface area contributed by atoms with Gasteiger partial charge in [0.1, 0.15) is 0 Å². The van der Waals surface area contributed by atoms with Gasteiger partial charge in [-0.15, -0.1) is 0 Å². The molecule has 5 heteroatoms. The summed E-state index contributed by atoms with van der Waals surface area (Å²) in [7, 11) is 0. The van der Waals surface area contributed by atoms with Crippen LogP contribution in [0.5, 0.6) is 0 Å². The van der Waals surface area contributed by atoms with Crippen LogP contribution >= 0.6 is 11.6 Å². The van der Waals surface area contributed by atoms with Crippen molar-refractivity contribution in [3.05, 3.63) is 39.2 Å².